The second-order valence-corrected chi connectivity index (χ2v) is 4.99. The molecular weight excluding hydrogens is 230 g/mol. The molecule has 0 spiro atoms. The van der Waals surface area contributed by atoms with Gasteiger partial charge in [-0.25, -0.2) is 0 Å². The molecule has 1 aliphatic carbocycles. The highest BCUT2D eigenvalue weighted by molar-refractivity contribution is 5.81. The van der Waals surface area contributed by atoms with Crippen LogP contribution in [-0.4, -0.2) is 42.2 Å². The molecule has 2 heterocycles. The predicted molar refractivity (Wildman–Crippen MR) is 65.3 cm³/mol. The van der Waals surface area contributed by atoms with E-state index < -0.39 is 0 Å². The summed E-state index contributed by atoms with van der Waals surface area (Å²) in [6.07, 6.45) is 3.75. The SMILES string of the molecule is O=C(C1CC1)N1CCN(c2cccc[n+]2O)CC1. The molecule has 2 fully saturated rings. The van der Waals surface area contributed by atoms with Crippen LogP contribution in [0.5, 0.6) is 0 Å². The zero-order valence-corrected chi connectivity index (χ0v) is 10.3. The number of pyridine rings is 1. The van der Waals surface area contributed by atoms with E-state index in [2.05, 4.69) is 4.90 Å². The summed E-state index contributed by atoms with van der Waals surface area (Å²) >= 11 is 0. The smallest absolute Gasteiger partial charge is 0.316 e. The quantitative estimate of drug-likeness (QED) is 0.604. The minimum atomic E-state index is 0.302. The largest absolute Gasteiger partial charge is 0.350 e. The van der Waals surface area contributed by atoms with Crippen LogP contribution in [0, 0.1) is 5.92 Å². The number of carbonyl (C=O) groups excluding carboxylic acids is 1. The van der Waals surface area contributed by atoms with Crippen LogP contribution in [0.15, 0.2) is 24.4 Å². The van der Waals surface area contributed by atoms with Gasteiger partial charge < -0.3 is 10.1 Å². The van der Waals surface area contributed by atoms with E-state index in [0.717, 1.165) is 49.6 Å². The van der Waals surface area contributed by atoms with Crippen LogP contribution in [0.1, 0.15) is 12.8 Å². The van der Waals surface area contributed by atoms with Crippen molar-refractivity contribution in [2.24, 2.45) is 5.92 Å². The molecule has 96 valence electrons. The highest BCUT2D eigenvalue weighted by Crippen LogP contribution is 2.31. The highest BCUT2D eigenvalue weighted by Gasteiger charge is 2.36. The Hall–Kier alpha value is -1.78. The van der Waals surface area contributed by atoms with Gasteiger partial charge >= 0.3 is 5.82 Å². The van der Waals surface area contributed by atoms with E-state index in [4.69, 9.17) is 0 Å². The number of nitrogens with zero attached hydrogens (tertiary/aromatic N) is 3. The number of rotatable bonds is 2. The standard InChI is InChI=1S/C13H18N3O2/c17-13(11-4-5-11)15-9-7-14(8-10-15)12-3-1-2-6-16(12)18/h1-3,6,11,18H,4-5,7-10H2/q+1. The third-order valence-corrected chi connectivity index (χ3v) is 3.66. The Morgan fingerprint density at radius 2 is 1.94 bits per heavy atom. The normalized spacial score (nSPS) is 20.0. The molecule has 5 nitrogen and oxygen atoms in total. The Bertz CT molecular complexity index is 451. The maximum Gasteiger partial charge on any atom is 0.316 e. The van der Waals surface area contributed by atoms with Crippen molar-refractivity contribution in [1.29, 1.82) is 0 Å². The second kappa shape index (κ2) is 4.48. The van der Waals surface area contributed by atoms with E-state index in [9.17, 15) is 10.0 Å². The lowest BCUT2D eigenvalue weighted by molar-refractivity contribution is -0.894. The molecule has 1 aromatic heterocycles. The van der Waals surface area contributed by atoms with Crippen molar-refractivity contribution < 1.29 is 14.7 Å². The first-order valence-corrected chi connectivity index (χ1v) is 6.49. The Labute approximate surface area is 106 Å². The van der Waals surface area contributed by atoms with E-state index in [1.807, 2.05) is 17.0 Å². The van der Waals surface area contributed by atoms with Crippen LogP contribution >= 0.6 is 0 Å². The Kier molecular flexibility index (Phi) is 2.81. The van der Waals surface area contributed by atoms with Gasteiger partial charge in [0.25, 0.3) is 0 Å². The van der Waals surface area contributed by atoms with E-state index in [1.165, 1.54) is 0 Å². The number of hydrogen-bond donors (Lipinski definition) is 1. The van der Waals surface area contributed by atoms with Crippen LogP contribution in [0.4, 0.5) is 5.82 Å². The molecule has 2 aliphatic rings. The highest BCUT2D eigenvalue weighted by atomic mass is 16.5. The molecular formula is C13H18N3O2+. The van der Waals surface area contributed by atoms with Gasteiger partial charge in [-0.05, 0) is 18.9 Å². The first kappa shape index (κ1) is 11.3. The third kappa shape index (κ3) is 2.12. The number of carbonyl (C=O) groups is 1. The topological polar surface area (TPSA) is 47.7 Å². The lowest BCUT2D eigenvalue weighted by atomic mass is 10.2. The van der Waals surface area contributed by atoms with Crippen LogP contribution in [0.25, 0.3) is 0 Å². The van der Waals surface area contributed by atoms with Crippen LogP contribution in [0.2, 0.25) is 0 Å². The van der Waals surface area contributed by atoms with Crippen molar-refractivity contribution in [3.63, 3.8) is 0 Å². The molecule has 3 rings (SSSR count). The van der Waals surface area contributed by atoms with Crippen LogP contribution in [0.3, 0.4) is 0 Å². The van der Waals surface area contributed by atoms with Gasteiger partial charge in [0.05, 0.1) is 13.1 Å². The fourth-order valence-corrected chi connectivity index (χ4v) is 2.42. The lowest BCUT2D eigenvalue weighted by Crippen LogP contribution is -2.52. The summed E-state index contributed by atoms with van der Waals surface area (Å²) in [6.45, 7) is 3.07. The fraction of sp³-hybridized carbons (Fsp3) is 0.538. The molecule has 1 saturated heterocycles. The van der Waals surface area contributed by atoms with Gasteiger partial charge in [0, 0.05) is 12.0 Å². The van der Waals surface area contributed by atoms with Gasteiger partial charge in [0.15, 0.2) is 0 Å². The minimum absolute atomic E-state index is 0.302. The zero-order chi connectivity index (χ0) is 12.5. The number of hydrogen-bond acceptors (Lipinski definition) is 3. The molecule has 1 amide bonds. The Balaban J connectivity index is 1.63. The second-order valence-electron chi connectivity index (χ2n) is 4.99. The first-order valence-electron chi connectivity index (χ1n) is 6.49. The lowest BCUT2D eigenvalue weighted by Gasteiger charge is -2.31. The Morgan fingerprint density at radius 1 is 1.22 bits per heavy atom. The summed E-state index contributed by atoms with van der Waals surface area (Å²) in [6, 6.07) is 5.58. The monoisotopic (exact) mass is 248 g/mol. The average molecular weight is 248 g/mol. The molecule has 0 bridgehead atoms. The van der Waals surface area contributed by atoms with Crippen molar-refractivity contribution in [2.45, 2.75) is 12.8 Å². The summed E-state index contributed by atoms with van der Waals surface area (Å²) in [5.41, 5.74) is 0. The third-order valence-electron chi connectivity index (χ3n) is 3.66. The van der Waals surface area contributed by atoms with Crippen molar-refractivity contribution in [1.82, 2.24) is 4.90 Å². The van der Waals surface area contributed by atoms with Gasteiger partial charge in [-0.1, -0.05) is 10.8 Å². The van der Waals surface area contributed by atoms with Crippen molar-refractivity contribution >= 4 is 11.7 Å². The number of amides is 1. The predicted octanol–water partition coefficient (Wildman–Crippen LogP) is 0.270. The molecule has 1 saturated carbocycles. The summed E-state index contributed by atoms with van der Waals surface area (Å²) in [5, 5.41) is 9.73. The van der Waals surface area contributed by atoms with E-state index >= 15 is 0 Å². The fourth-order valence-electron chi connectivity index (χ4n) is 2.42. The van der Waals surface area contributed by atoms with Gasteiger partial charge in [-0.3, -0.25) is 9.69 Å². The average Bonchev–Trinajstić information content (AvgIpc) is 3.23. The molecule has 18 heavy (non-hydrogen) atoms. The maximum atomic E-state index is 11.9. The summed E-state index contributed by atoms with van der Waals surface area (Å²) in [7, 11) is 0. The minimum Gasteiger partial charge on any atom is -0.350 e. The van der Waals surface area contributed by atoms with Gasteiger partial charge in [-0.15, -0.1) is 0 Å². The van der Waals surface area contributed by atoms with Gasteiger partial charge in [0.2, 0.25) is 5.91 Å². The molecule has 0 aromatic carbocycles. The van der Waals surface area contributed by atoms with Crippen molar-refractivity contribution in [2.75, 3.05) is 31.1 Å². The van der Waals surface area contributed by atoms with Crippen LogP contribution in [-0.2, 0) is 4.79 Å². The number of aromatic nitrogens is 1. The van der Waals surface area contributed by atoms with Crippen LogP contribution < -0.4 is 9.63 Å². The summed E-state index contributed by atoms with van der Waals surface area (Å²) in [5.74, 6) is 1.41. The maximum absolute atomic E-state index is 11.9. The van der Waals surface area contributed by atoms with E-state index in [1.54, 1.807) is 12.3 Å². The van der Waals surface area contributed by atoms with E-state index in [-0.39, 0.29) is 0 Å². The summed E-state index contributed by atoms with van der Waals surface area (Å²) < 4.78 is 1.14. The van der Waals surface area contributed by atoms with Crippen molar-refractivity contribution in [3.8, 4) is 0 Å². The van der Waals surface area contributed by atoms with Gasteiger partial charge in [0.1, 0.15) is 19.3 Å². The molecule has 1 aromatic rings. The Morgan fingerprint density at radius 3 is 2.56 bits per heavy atom. The first-order chi connectivity index (χ1) is 8.75. The molecule has 0 atom stereocenters. The molecule has 5 heteroatoms. The molecule has 1 aliphatic heterocycles. The molecule has 0 unspecified atom stereocenters. The number of piperazine rings is 1. The van der Waals surface area contributed by atoms with Gasteiger partial charge in [-0.2, -0.15) is 0 Å². The zero-order valence-electron chi connectivity index (χ0n) is 10.3. The summed E-state index contributed by atoms with van der Waals surface area (Å²) in [4.78, 5) is 16.0. The van der Waals surface area contributed by atoms with E-state index in [0.29, 0.717) is 11.8 Å². The number of anilines is 1. The van der Waals surface area contributed by atoms with Crippen molar-refractivity contribution in [3.05, 3.63) is 24.4 Å². The molecule has 0 radical (unpaired) electrons. The molecule has 1 N–H and O–H groups in total.